The summed E-state index contributed by atoms with van der Waals surface area (Å²) in [6.45, 7) is 13.1. The van der Waals surface area contributed by atoms with Crippen LogP contribution in [0.15, 0.2) is 11.3 Å². The Bertz CT molecular complexity index is 1730. The number of carbonyl (C=O) groups is 6. The van der Waals surface area contributed by atoms with Gasteiger partial charge in [-0.3, -0.25) is 24.0 Å². The van der Waals surface area contributed by atoms with Gasteiger partial charge in [0.2, 0.25) is 11.6 Å². The van der Waals surface area contributed by atoms with Gasteiger partial charge in [-0.25, -0.2) is 4.79 Å². The molecule has 0 radical (unpaired) electrons. The van der Waals surface area contributed by atoms with Crippen LogP contribution in [0.25, 0.3) is 0 Å². The summed E-state index contributed by atoms with van der Waals surface area (Å²) in [5.41, 5.74) is -6.29. The standard InChI is InChI=1S/C36H44O15/c1-11-19-22(34(8)35(9,44)31(43)51-36(34)28(11)50-36)26(45-12(2)37)20-18-21(27(46-13(3)38)30(33(19,20)7)48-15(5)40)32(6)16(23(41)24(18)42)10-17-25(49-17)29(32)47-14(4)39/h11,17-22,25-30,41,44H,10H2,1-9H3/t11-,17-,18?,19-,20+,21?,22-,25-,26+,27-,28+,29-,30-,32-,33+,34-,35+,36-/m0/s1. The van der Waals surface area contributed by atoms with Crippen molar-refractivity contribution < 1.29 is 72.1 Å². The molecule has 18 atom stereocenters. The molecule has 3 aliphatic heterocycles. The van der Waals surface area contributed by atoms with Crippen molar-refractivity contribution in [3.63, 3.8) is 0 Å². The van der Waals surface area contributed by atoms with Gasteiger partial charge in [0.05, 0.1) is 11.5 Å². The van der Waals surface area contributed by atoms with Crippen molar-refractivity contribution in [2.75, 3.05) is 0 Å². The quantitative estimate of drug-likeness (QED) is 0.239. The molecule has 8 aliphatic rings. The minimum Gasteiger partial charge on any atom is -0.504 e. The molecule has 3 heterocycles. The number of aliphatic hydroxyl groups excluding tert-OH is 1. The first-order valence-corrected chi connectivity index (χ1v) is 17.6. The second kappa shape index (κ2) is 10.1. The lowest BCUT2D eigenvalue weighted by atomic mass is 9.43. The van der Waals surface area contributed by atoms with Gasteiger partial charge in [0, 0.05) is 68.6 Å². The Hall–Kier alpha value is -3.56. The summed E-state index contributed by atoms with van der Waals surface area (Å²) in [5.74, 6) is -12.3. The number of allylic oxidation sites excluding steroid dienone is 1. The van der Waals surface area contributed by atoms with Crippen LogP contribution in [-0.2, 0) is 61.9 Å². The fourth-order valence-corrected chi connectivity index (χ4v) is 12.7. The molecule has 1 spiro atoms. The third kappa shape index (κ3) is 3.85. The third-order valence-corrected chi connectivity index (χ3v) is 14.5. The molecule has 2 N–H and O–H groups in total. The van der Waals surface area contributed by atoms with Crippen molar-refractivity contribution in [2.24, 2.45) is 51.8 Å². The van der Waals surface area contributed by atoms with Crippen LogP contribution in [0, 0.1) is 51.8 Å². The zero-order valence-corrected chi connectivity index (χ0v) is 29.9. The molecule has 2 unspecified atom stereocenters. The van der Waals surface area contributed by atoms with Crippen LogP contribution in [0.3, 0.4) is 0 Å². The number of ketones is 1. The van der Waals surface area contributed by atoms with E-state index in [2.05, 4.69) is 0 Å². The number of fused-ring (bicyclic) bond motifs is 9. The smallest absolute Gasteiger partial charge is 0.341 e. The predicted molar refractivity (Wildman–Crippen MR) is 165 cm³/mol. The Balaban J connectivity index is 1.43. The molecule has 278 valence electrons. The molecule has 8 rings (SSSR count). The zero-order chi connectivity index (χ0) is 37.3. The molecule has 0 aromatic carbocycles. The van der Waals surface area contributed by atoms with Crippen molar-refractivity contribution in [3.8, 4) is 0 Å². The van der Waals surface area contributed by atoms with Crippen molar-refractivity contribution >= 4 is 35.6 Å². The second-order valence-electron chi connectivity index (χ2n) is 16.7. The number of ether oxygens (including phenoxy) is 7. The largest absolute Gasteiger partial charge is 0.504 e. The molecule has 0 aromatic heterocycles. The van der Waals surface area contributed by atoms with E-state index in [4.69, 9.17) is 33.2 Å². The van der Waals surface area contributed by atoms with Crippen molar-refractivity contribution in [2.45, 2.75) is 123 Å². The molecule has 7 fully saturated rings. The fraction of sp³-hybridized carbons (Fsp3) is 0.778. The van der Waals surface area contributed by atoms with E-state index in [-0.39, 0.29) is 12.0 Å². The normalized spacial score (nSPS) is 53.8. The summed E-state index contributed by atoms with van der Waals surface area (Å²) in [6, 6.07) is 0. The summed E-state index contributed by atoms with van der Waals surface area (Å²) in [7, 11) is 0. The molecule has 0 bridgehead atoms. The maximum Gasteiger partial charge on any atom is 0.341 e. The van der Waals surface area contributed by atoms with Crippen molar-refractivity contribution in [3.05, 3.63) is 11.3 Å². The summed E-state index contributed by atoms with van der Waals surface area (Å²) in [5, 5.41) is 23.9. The van der Waals surface area contributed by atoms with Gasteiger partial charge in [-0.1, -0.05) is 20.8 Å². The lowest BCUT2D eigenvalue weighted by Crippen LogP contribution is -2.71. The molecule has 0 aromatic rings. The zero-order valence-electron chi connectivity index (χ0n) is 29.9. The lowest BCUT2D eigenvalue weighted by Gasteiger charge is -2.62. The summed E-state index contributed by atoms with van der Waals surface area (Å²) >= 11 is 0. The predicted octanol–water partition coefficient (Wildman–Crippen LogP) is 1.46. The number of rotatable bonds is 4. The Labute approximate surface area is 293 Å². The van der Waals surface area contributed by atoms with Gasteiger partial charge in [0.1, 0.15) is 36.6 Å². The lowest BCUT2D eigenvalue weighted by molar-refractivity contribution is -0.243. The summed E-state index contributed by atoms with van der Waals surface area (Å²) in [6.07, 6.45) is -6.60. The second-order valence-corrected chi connectivity index (χ2v) is 16.7. The minimum atomic E-state index is -2.17. The van der Waals surface area contributed by atoms with Gasteiger partial charge in [0.15, 0.2) is 11.4 Å². The molecule has 15 nitrogen and oxygen atoms in total. The first kappa shape index (κ1) is 34.5. The van der Waals surface area contributed by atoms with E-state index in [1.54, 1.807) is 20.8 Å². The summed E-state index contributed by atoms with van der Waals surface area (Å²) in [4.78, 5) is 80.4. The molecule has 15 heteroatoms. The number of aliphatic hydroxyl groups is 2. The van der Waals surface area contributed by atoms with Crippen molar-refractivity contribution in [1.29, 1.82) is 0 Å². The number of epoxide rings is 2. The number of esters is 5. The van der Waals surface area contributed by atoms with Gasteiger partial charge >= 0.3 is 29.8 Å². The average molecular weight is 717 g/mol. The molecule has 51 heavy (non-hydrogen) atoms. The number of carbonyl (C=O) groups excluding carboxylic acids is 6. The van der Waals surface area contributed by atoms with Gasteiger partial charge in [-0.15, -0.1) is 0 Å². The molecule has 3 saturated heterocycles. The van der Waals surface area contributed by atoms with Crippen LogP contribution in [0.4, 0.5) is 0 Å². The van der Waals surface area contributed by atoms with E-state index in [1.165, 1.54) is 34.6 Å². The molecular weight excluding hydrogens is 672 g/mol. The molecule has 5 aliphatic carbocycles. The highest BCUT2D eigenvalue weighted by molar-refractivity contribution is 5.98. The van der Waals surface area contributed by atoms with Crippen LogP contribution in [0.2, 0.25) is 0 Å². The number of hydrogen-bond donors (Lipinski definition) is 2. The van der Waals surface area contributed by atoms with Gasteiger partial charge in [-0.2, -0.15) is 0 Å². The van der Waals surface area contributed by atoms with Crippen molar-refractivity contribution in [1.82, 2.24) is 0 Å². The number of Topliss-reactive ketones (excluding diaryl/α,β-unsaturated/α-hetero) is 1. The fourth-order valence-electron chi connectivity index (χ4n) is 12.7. The highest BCUT2D eigenvalue weighted by atomic mass is 16.8. The topological polar surface area (TPSA) is 214 Å². The first-order valence-electron chi connectivity index (χ1n) is 17.6. The third-order valence-electron chi connectivity index (χ3n) is 14.5. The Morgan fingerprint density at radius 1 is 0.784 bits per heavy atom. The van der Waals surface area contributed by atoms with E-state index >= 15 is 0 Å². The first-order chi connectivity index (χ1) is 23.6. The molecule has 4 saturated carbocycles. The number of hydrogen-bond acceptors (Lipinski definition) is 15. The van der Waals surface area contributed by atoms with Gasteiger partial charge < -0.3 is 43.4 Å². The van der Waals surface area contributed by atoms with Crippen LogP contribution < -0.4 is 0 Å². The Morgan fingerprint density at radius 2 is 1.35 bits per heavy atom. The molecular formula is C36H44O15. The van der Waals surface area contributed by atoms with Crippen LogP contribution in [0.1, 0.15) is 68.7 Å². The van der Waals surface area contributed by atoms with Gasteiger partial charge in [-0.05, 0) is 31.3 Å². The summed E-state index contributed by atoms with van der Waals surface area (Å²) < 4.78 is 42.6. The van der Waals surface area contributed by atoms with E-state index in [9.17, 15) is 39.0 Å². The highest BCUT2D eigenvalue weighted by Crippen LogP contribution is 2.81. The molecule has 0 amide bonds. The maximum atomic E-state index is 14.9. The average Bonchev–Trinajstić information content (AvgIpc) is 3.92. The van der Waals surface area contributed by atoms with E-state index in [0.717, 1.165) is 0 Å². The van der Waals surface area contributed by atoms with E-state index in [0.29, 0.717) is 0 Å². The van der Waals surface area contributed by atoms with E-state index < -0.39 is 147 Å². The maximum absolute atomic E-state index is 14.9. The Kier molecular flexibility index (Phi) is 6.84. The highest BCUT2D eigenvalue weighted by Gasteiger charge is 2.93. The minimum absolute atomic E-state index is 0.129. The van der Waals surface area contributed by atoms with Gasteiger partial charge in [0.25, 0.3) is 0 Å². The monoisotopic (exact) mass is 716 g/mol. The van der Waals surface area contributed by atoms with Crippen LogP contribution in [0.5, 0.6) is 0 Å². The van der Waals surface area contributed by atoms with Crippen LogP contribution in [-0.4, -0.2) is 100.0 Å². The Morgan fingerprint density at radius 3 is 1.94 bits per heavy atom. The van der Waals surface area contributed by atoms with E-state index in [1.807, 2.05) is 6.92 Å². The van der Waals surface area contributed by atoms with Crippen LogP contribution >= 0.6 is 0 Å². The SMILES string of the molecule is CC(=O)O[C@H]1[C@@H]2[C@H]([C@H](C)[C@H]3O[C@]34OC(=O)[C@@](C)(O)[C@]24C)[C@]2(C)[C@@H]1C1C(=O)C(O)=C3C[C@@H]4O[C@@H]4[C@H](OC(C)=O)[C@]3(C)C1[C@H](OC(C)=O)[C@@H]2OC(C)=O.